The second kappa shape index (κ2) is 5.74. The molecule has 0 fully saturated rings. The third kappa shape index (κ3) is 3.73. The molecule has 0 saturated carbocycles. The average molecular weight is 341 g/mol. The maximum Gasteiger partial charge on any atom is 0.410 e. The van der Waals surface area contributed by atoms with Crippen LogP contribution >= 0.6 is 15.9 Å². The van der Waals surface area contributed by atoms with Crippen molar-refractivity contribution >= 4 is 22.0 Å². The van der Waals surface area contributed by atoms with Gasteiger partial charge in [0, 0.05) is 23.6 Å². The maximum atomic E-state index is 12.2. The van der Waals surface area contributed by atoms with E-state index in [0.717, 1.165) is 22.0 Å². The molecule has 0 aliphatic carbocycles. The van der Waals surface area contributed by atoms with Crippen molar-refractivity contribution in [2.75, 3.05) is 6.54 Å². The van der Waals surface area contributed by atoms with Crippen molar-refractivity contribution in [3.05, 3.63) is 33.8 Å². The summed E-state index contributed by atoms with van der Waals surface area (Å²) < 4.78 is 6.46. The number of nitrogens with two attached hydrogens (primary N) is 1. The fourth-order valence-corrected chi connectivity index (χ4v) is 2.65. The van der Waals surface area contributed by atoms with E-state index in [1.165, 1.54) is 0 Å². The van der Waals surface area contributed by atoms with Gasteiger partial charge in [-0.2, -0.15) is 0 Å². The zero-order valence-corrected chi connectivity index (χ0v) is 13.7. The fraction of sp³-hybridized carbons (Fsp3) is 0.533. The fourth-order valence-electron chi connectivity index (χ4n) is 2.27. The van der Waals surface area contributed by atoms with Gasteiger partial charge in [0.1, 0.15) is 5.60 Å². The molecule has 1 aliphatic heterocycles. The second-order valence-electron chi connectivity index (χ2n) is 6.14. The van der Waals surface area contributed by atoms with E-state index in [2.05, 4.69) is 15.9 Å². The highest BCUT2D eigenvalue weighted by molar-refractivity contribution is 9.10. The van der Waals surface area contributed by atoms with E-state index >= 15 is 0 Å². The van der Waals surface area contributed by atoms with Crippen LogP contribution in [0, 0.1) is 0 Å². The maximum absolute atomic E-state index is 12.2. The van der Waals surface area contributed by atoms with E-state index < -0.39 is 5.60 Å². The van der Waals surface area contributed by atoms with E-state index in [-0.39, 0.29) is 12.1 Å². The molecule has 1 amide bonds. The number of ether oxygens (including phenoxy) is 1. The van der Waals surface area contributed by atoms with Gasteiger partial charge >= 0.3 is 6.09 Å². The molecule has 1 heterocycles. The average Bonchev–Trinajstić information content (AvgIpc) is 2.48. The van der Waals surface area contributed by atoms with Crippen molar-refractivity contribution in [3.63, 3.8) is 0 Å². The molecular formula is C15H21BrN2O2. The van der Waals surface area contributed by atoms with Crippen molar-refractivity contribution in [2.24, 2.45) is 5.73 Å². The summed E-state index contributed by atoms with van der Waals surface area (Å²) in [5, 5.41) is 0. The van der Waals surface area contributed by atoms with Crippen LogP contribution < -0.4 is 5.73 Å². The van der Waals surface area contributed by atoms with Crippen LogP contribution in [0.5, 0.6) is 0 Å². The van der Waals surface area contributed by atoms with Crippen molar-refractivity contribution < 1.29 is 9.53 Å². The third-order valence-corrected chi connectivity index (χ3v) is 3.72. The Morgan fingerprint density at radius 1 is 1.45 bits per heavy atom. The van der Waals surface area contributed by atoms with Gasteiger partial charge in [-0.15, -0.1) is 0 Å². The number of amides is 1. The topological polar surface area (TPSA) is 55.6 Å². The number of fused-ring (bicyclic) bond motifs is 1. The van der Waals surface area contributed by atoms with Gasteiger partial charge < -0.3 is 15.4 Å². The number of carbonyl (C=O) groups excluding carboxylic acids is 1. The Morgan fingerprint density at radius 3 is 2.80 bits per heavy atom. The predicted molar refractivity (Wildman–Crippen MR) is 82.3 cm³/mol. The second-order valence-corrected chi connectivity index (χ2v) is 7.06. The van der Waals surface area contributed by atoms with Gasteiger partial charge in [0.2, 0.25) is 0 Å². The SMILES string of the molecule is CC(C)(C)OC(=O)N1CC[C@@H](N)c2cc(Br)ccc2C1. The largest absolute Gasteiger partial charge is 0.444 e. The van der Waals surface area contributed by atoms with Crippen molar-refractivity contribution in [2.45, 2.75) is 45.4 Å². The van der Waals surface area contributed by atoms with Gasteiger partial charge in [0.15, 0.2) is 0 Å². The summed E-state index contributed by atoms with van der Waals surface area (Å²) >= 11 is 3.47. The Balaban J connectivity index is 2.20. The molecule has 110 valence electrons. The summed E-state index contributed by atoms with van der Waals surface area (Å²) in [6, 6.07) is 5.99. The van der Waals surface area contributed by atoms with Gasteiger partial charge in [0.25, 0.3) is 0 Å². The molecule has 2 N–H and O–H groups in total. The lowest BCUT2D eigenvalue weighted by atomic mass is 10.0. The Labute approximate surface area is 128 Å². The van der Waals surface area contributed by atoms with Crippen LogP contribution in [0.3, 0.4) is 0 Å². The number of benzene rings is 1. The van der Waals surface area contributed by atoms with E-state index in [0.29, 0.717) is 13.1 Å². The van der Waals surface area contributed by atoms with Gasteiger partial charge in [-0.25, -0.2) is 4.79 Å². The quantitative estimate of drug-likeness (QED) is 0.785. The minimum atomic E-state index is -0.478. The van der Waals surface area contributed by atoms with E-state index in [1.54, 1.807) is 4.90 Å². The lowest BCUT2D eigenvalue weighted by Crippen LogP contribution is -2.36. The lowest BCUT2D eigenvalue weighted by Gasteiger charge is -2.26. The van der Waals surface area contributed by atoms with Crippen LogP contribution in [0.1, 0.15) is 44.4 Å². The molecule has 4 nitrogen and oxygen atoms in total. The molecule has 0 bridgehead atoms. The molecule has 2 rings (SSSR count). The van der Waals surface area contributed by atoms with Crippen LogP contribution in [-0.4, -0.2) is 23.1 Å². The van der Waals surface area contributed by atoms with E-state index in [1.807, 2.05) is 39.0 Å². The first-order valence-corrected chi connectivity index (χ1v) is 7.57. The number of nitrogens with zero attached hydrogens (tertiary/aromatic N) is 1. The first kappa shape index (κ1) is 15.3. The smallest absolute Gasteiger partial charge is 0.410 e. The van der Waals surface area contributed by atoms with E-state index in [4.69, 9.17) is 10.5 Å². The third-order valence-electron chi connectivity index (χ3n) is 3.23. The first-order chi connectivity index (χ1) is 9.26. The highest BCUT2D eigenvalue weighted by Gasteiger charge is 2.26. The molecule has 1 aliphatic rings. The molecule has 5 heteroatoms. The monoisotopic (exact) mass is 340 g/mol. The highest BCUT2D eigenvalue weighted by Crippen LogP contribution is 2.28. The summed E-state index contributed by atoms with van der Waals surface area (Å²) in [5.41, 5.74) is 7.92. The molecule has 1 aromatic rings. The number of hydrogen-bond donors (Lipinski definition) is 1. The molecule has 1 aromatic carbocycles. The molecule has 0 spiro atoms. The van der Waals surface area contributed by atoms with Crippen LogP contribution in [0.4, 0.5) is 4.79 Å². The summed E-state index contributed by atoms with van der Waals surface area (Å²) in [6.07, 6.45) is 0.461. The van der Waals surface area contributed by atoms with Gasteiger partial charge in [-0.1, -0.05) is 22.0 Å². The van der Waals surface area contributed by atoms with Gasteiger partial charge in [0.05, 0.1) is 0 Å². The Morgan fingerprint density at radius 2 is 2.15 bits per heavy atom. The Kier molecular flexibility index (Phi) is 4.39. The van der Waals surface area contributed by atoms with Crippen LogP contribution in [-0.2, 0) is 11.3 Å². The van der Waals surface area contributed by atoms with Gasteiger partial charge in [-0.05, 0) is 50.5 Å². The van der Waals surface area contributed by atoms with Crippen LogP contribution in [0.2, 0.25) is 0 Å². The van der Waals surface area contributed by atoms with Crippen LogP contribution in [0.25, 0.3) is 0 Å². The number of rotatable bonds is 0. The normalized spacial score (nSPS) is 19.2. The molecule has 1 atom stereocenters. The lowest BCUT2D eigenvalue weighted by molar-refractivity contribution is 0.0235. The summed E-state index contributed by atoms with van der Waals surface area (Å²) in [6.45, 7) is 6.78. The summed E-state index contributed by atoms with van der Waals surface area (Å²) in [5.74, 6) is 0. The molecule has 0 aromatic heterocycles. The molecule has 0 unspecified atom stereocenters. The molecule has 0 radical (unpaired) electrons. The van der Waals surface area contributed by atoms with E-state index in [9.17, 15) is 4.79 Å². The molecule has 20 heavy (non-hydrogen) atoms. The number of carbonyl (C=O) groups is 1. The number of hydrogen-bond acceptors (Lipinski definition) is 3. The Bertz CT molecular complexity index is 511. The minimum Gasteiger partial charge on any atom is -0.444 e. The standard InChI is InChI=1S/C15H21BrN2O2/c1-15(2,3)20-14(19)18-7-6-13(17)12-8-11(16)5-4-10(12)9-18/h4-5,8,13H,6-7,9,17H2,1-3H3/t13-/m1/s1. The highest BCUT2D eigenvalue weighted by atomic mass is 79.9. The van der Waals surface area contributed by atoms with Gasteiger partial charge in [-0.3, -0.25) is 0 Å². The molecular weight excluding hydrogens is 320 g/mol. The van der Waals surface area contributed by atoms with Crippen LogP contribution in [0.15, 0.2) is 22.7 Å². The number of halogens is 1. The van der Waals surface area contributed by atoms with Crippen molar-refractivity contribution in [1.29, 1.82) is 0 Å². The summed E-state index contributed by atoms with van der Waals surface area (Å²) in [4.78, 5) is 13.9. The molecule has 0 saturated heterocycles. The predicted octanol–water partition coefficient (Wildman–Crippen LogP) is 3.59. The summed E-state index contributed by atoms with van der Waals surface area (Å²) in [7, 11) is 0. The zero-order chi connectivity index (χ0) is 14.9. The minimum absolute atomic E-state index is 0.0464. The first-order valence-electron chi connectivity index (χ1n) is 6.78. The van der Waals surface area contributed by atoms with Crippen molar-refractivity contribution in [1.82, 2.24) is 4.90 Å². The Hall–Kier alpha value is -1.07. The zero-order valence-electron chi connectivity index (χ0n) is 12.1. The van der Waals surface area contributed by atoms with Crippen molar-refractivity contribution in [3.8, 4) is 0 Å².